The number of hydrogen-bond donors (Lipinski definition) is 0. The van der Waals surface area contributed by atoms with Crippen LogP contribution < -0.4 is 0 Å². The smallest absolute Gasteiger partial charge is 0.161 e. The van der Waals surface area contributed by atoms with Crippen LogP contribution in [-0.4, -0.2) is 18.0 Å². The van der Waals surface area contributed by atoms with Crippen molar-refractivity contribution in [2.75, 3.05) is 0 Å². The minimum absolute atomic E-state index is 0.0186. The lowest BCUT2D eigenvalue weighted by molar-refractivity contribution is -0.186. The van der Waals surface area contributed by atoms with E-state index < -0.39 is 0 Å². The molecule has 3 atom stereocenters. The van der Waals surface area contributed by atoms with Crippen LogP contribution in [0.25, 0.3) is 0 Å². The first-order chi connectivity index (χ1) is 6.38. The Kier molecular flexibility index (Phi) is 3.59. The molecule has 1 heterocycles. The fourth-order valence-corrected chi connectivity index (χ4v) is 2.60. The second-order valence-electron chi connectivity index (χ2n) is 5.15. The van der Waals surface area contributed by atoms with Crippen molar-refractivity contribution in [1.82, 2.24) is 0 Å². The topological polar surface area (TPSA) is 18.5 Å². The molecule has 3 unspecified atom stereocenters. The van der Waals surface area contributed by atoms with E-state index in [0.29, 0.717) is 11.8 Å². The Labute approximate surface area is 88.0 Å². The van der Waals surface area contributed by atoms with Crippen molar-refractivity contribution in [3.63, 3.8) is 0 Å². The van der Waals surface area contributed by atoms with Crippen LogP contribution in [0.2, 0.25) is 0 Å². The van der Waals surface area contributed by atoms with Crippen molar-refractivity contribution < 1.29 is 9.47 Å². The highest BCUT2D eigenvalue weighted by Gasteiger charge is 2.46. The van der Waals surface area contributed by atoms with Gasteiger partial charge in [0.1, 0.15) is 0 Å². The van der Waals surface area contributed by atoms with Gasteiger partial charge in [-0.25, -0.2) is 0 Å². The van der Waals surface area contributed by atoms with Crippen molar-refractivity contribution in [3.8, 4) is 0 Å². The van der Waals surface area contributed by atoms with Crippen LogP contribution in [0.3, 0.4) is 0 Å². The third-order valence-corrected chi connectivity index (χ3v) is 3.22. The molecule has 2 heteroatoms. The summed E-state index contributed by atoms with van der Waals surface area (Å²) in [5.74, 6) is 1.10. The molecule has 0 aliphatic carbocycles. The summed E-state index contributed by atoms with van der Waals surface area (Å²) in [4.78, 5) is 0. The van der Waals surface area contributed by atoms with Crippen LogP contribution in [0.1, 0.15) is 48.0 Å². The van der Waals surface area contributed by atoms with Crippen molar-refractivity contribution in [2.45, 2.75) is 66.0 Å². The molecule has 0 saturated carbocycles. The van der Waals surface area contributed by atoms with Gasteiger partial charge in [-0.3, -0.25) is 0 Å². The molecule has 0 amide bonds. The van der Waals surface area contributed by atoms with Gasteiger partial charge in [0.05, 0.1) is 11.7 Å². The Morgan fingerprint density at radius 1 is 1.36 bits per heavy atom. The van der Waals surface area contributed by atoms with Gasteiger partial charge in [0.2, 0.25) is 0 Å². The number of rotatable bonds is 3. The van der Waals surface area contributed by atoms with Gasteiger partial charge in [0.25, 0.3) is 0 Å². The van der Waals surface area contributed by atoms with Crippen LogP contribution in [0.4, 0.5) is 0 Å². The zero-order valence-corrected chi connectivity index (χ0v) is 10.3. The summed E-state index contributed by atoms with van der Waals surface area (Å²) in [5.41, 5.74) is -0.0340. The Hall–Kier alpha value is -0.0800. The predicted molar refractivity (Wildman–Crippen MR) is 58.1 cm³/mol. The van der Waals surface area contributed by atoms with Crippen LogP contribution >= 0.6 is 0 Å². The zero-order valence-electron chi connectivity index (χ0n) is 10.3. The molecule has 0 radical (unpaired) electrons. The van der Waals surface area contributed by atoms with Gasteiger partial charge < -0.3 is 9.47 Å². The highest BCUT2D eigenvalue weighted by Crippen LogP contribution is 2.42. The van der Waals surface area contributed by atoms with E-state index >= 15 is 0 Å². The Morgan fingerprint density at radius 3 is 2.29 bits per heavy atom. The van der Waals surface area contributed by atoms with Crippen molar-refractivity contribution in [2.24, 2.45) is 11.8 Å². The molecule has 84 valence electrons. The molecular formula is C12H24O2. The molecule has 1 saturated heterocycles. The average Bonchev–Trinajstić information content (AvgIpc) is 2.21. The molecule has 1 rings (SSSR count). The molecular weight excluding hydrogens is 176 g/mol. The summed E-state index contributed by atoms with van der Waals surface area (Å²) in [6.07, 6.45) is 1.38. The van der Waals surface area contributed by atoms with E-state index in [1.807, 2.05) is 0 Å². The average molecular weight is 200 g/mol. The summed E-state index contributed by atoms with van der Waals surface area (Å²) in [6, 6.07) is 0. The lowest BCUT2D eigenvalue weighted by Gasteiger charge is -2.25. The number of ether oxygens (including phenoxy) is 2. The van der Waals surface area contributed by atoms with Crippen molar-refractivity contribution >= 4 is 0 Å². The second kappa shape index (κ2) is 4.19. The van der Waals surface area contributed by atoms with E-state index in [-0.39, 0.29) is 18.0 Å². The lowest BCUT2D eigenvalue weighted by atomic mass is 9.82. The van der Waals surface area contributed by atoms with Gasteiger partial charge >= 0.3 is 0 Å². The first kappa shape index (κ1) is 12.0. The molecule has 0 aromatic carbocycles. The molecule has 14 heavy (non-hydrogen) atoms. The molecule has 0 N–H and O–H groups in total. The van der Waals surface area contributed by atoms with E-state index in [4.69, 9.17) is 9.47 Å². The molecule has 2 nitrogen and oxygen atoms in total. The van der Waals surface area contributed by atoms with Gasteiger partial charge in [-0.05, 0) is 33.6 Å². The summed E-state index contributed by atoms with van der Waals surface area (Å²) >= 11 is 0. The summed E-state index contributed by atoms with van der Waals surface area (Å²) in [5, 5.41) is 0. The van der Waals surface area contributed by atoms with Crippen molar-refractivity contribution in [1.29, 1.82) is 0 Å². The minimum atomic E-state index is -0.0340. The summed E-state index contributed by atoms with van der Waals surface area (Å²) < 4.78 is 11.7. The standard InChI is InChI=1S/C12H24O2/c1-7-10-9(4)11(13-8(2)3)14-12(10,5)6/h8-11H,7H2,1-6H3. The fourth-order valence-electron chi connectivity index (χ4n) is 2.60. The van der Waals surface area contributed by atoms with E-state index in [1.54, 1.807) is 0 Å². The maximum absolute atomic E-state index is 5.95. The van der Waals surface area contributed by atoms with Crippen LogP contribution in [0.15, 0.2) is 0 Å². The van der Waals surface area contributed by atoms with Gasteiger partial charge in [-0.2, -0.15) is 0 Å². The second-order valence-corrected chi connectivity index (χ2v) is 5.15. The van der Waals surface area contributed by atoms with Crippen LogP contribution in [0, 0.1) is 11.8 Å². The normalized spacial score (nSPS) is 36.6. The zero-order chi connectivity index (χ0) is 10.9. The quantitative estimate of drug-likeness (QED) is 0.696. The molecule has 0 aromatic rings. The van der Waals surface area contributed by atoms with E-state index in [2.05, 4.69) is 41.5 Å². The van der Waals surface area contributed by atoms with E-state index in [0.717, 1.165) is 6.42 Å². The molecule has 0 aromatic heterocycles. The molecule has 1 fully saturated rings. The minimum Gasteiger partial charge on any atom is -0.350 e. The summed E-state index contributed by atoms with van der Waals surface area (Å²) in [7, 11) is 0. The van der Waals surface area contributed by atoms with E-state index in [9.17, 15) is 0 Å². The molecule has 0 spiro atoms. The third kappa shape index (κ3) is 2.29. The highest BCUT2D eigenvalue weighted by molar-refractivity contribution is 4.90. The van der Waals surface area contributed by atoms with Crippen LogP contribution in [-0.2, 0) is 9.47 Å². The van der Waals surface area contributed by atoms with Gasteiger partial charge in [0, 0.05) is 5.92 Å². The Morgan fingerprint density at radius 2 is 1.93 bits per heavy atom. The predicted octanol–water partition coefficient (Wildman–Crippen LogP) is 3.21. The first-order valence-electron chi connectivity index (χ1n) is 5.71. The third-order valence-electron chi connectivity index (χ3n) is 3.22. The maximum atomic E-state index is 5.95. The monoisotopic (exact) mass is 200 g/mol. The largest absolute Gasteiger partial charge is 0.350 e. The maximum Gasteiger partial charge on any atom is 0.161 e. The Balaban J connectivity index is 2.67. The first-order valence-corrected chi connectivity index (χ1v) is 5.71. The Bertz CT molecular complexity index is 187. The van der Waals surface area contributed by atoms with E-state index in [1.165, 1.54) is 0 Å². The lowest BCUT2D eigenvalue weighted by Crippen LogP contribution is -2.28. The molecule has 1 aliphatic rings. The van der Waals surface area contributed by atoms with Crippen molar-refractivity contribution in [3.05, 3.63) is 0 Å². The molecule has 0 bridgehead atoms. The fraction of sp³-hybridized carbons (Fsp3) is 1.00. The highest BCUT2D eigenvalue weighted by atomic mass is 16.7. The SMILES string of the molecule is CCC1C(C)C(OC(C)C)OC1(C)C. The molecule has 1 aliphatic heterocycles. The number of hydrogen-bond acceptors (Lipinski definition) is 2. The van der Waals surface area contributed by atoms with Crippen LogP contribution in [0.5, 0.6) is 0 Å². The van der Waals surface area contributed by atoms with Gasteiger partial charge in [-0.15, -0.1) is 0 Å². The van der Waals surface area contributed by atoms with Gasteiger partial charge in [-0.1, -0.05) is 20.3 Å². The summed E-state index contributed by atoms with van der Waals surface area (Å²) in [6.45, 7) is 12.9. The van der Waals surface area contributed by atoms with Gasteiger partial charge in [0.15, 0.2) is 6.29 Å².